The lowest BCUT2D eigenvalue weighted by atomic mass is 10.2. The standard InChI is InChI=1S/C15H13Cl2N7O3/c1-9-4-14(24(26)27)23(20-9)7-13(25)19-15-18-8-22(21-15)6-10-2-3-11(16)5-12(10)17/h2-5,8H,6-7H2,1H3,(H,19,21,25). The van der Waals surface area contributed by atoms with Crippen molar-refractivity contribution in [3.8, 4) is 0 Å². The second-order valence-electron chi connectivity index (χ2n) is 5.61. The first kappa shape index (κ1) is 18.8. The van der Waals surface area contributed by atoms with Crippen molar-refractivity contribution >= 4 is 40.9 Å². The zero-order valence-corrected chi connectivity index (χ0v) is 15.5. The van der Waals surface area contributed by atoms with Gasteiger partial charge in [0.2, 0.25) is 5.95 Å². The van der Waals surface area contributed by atoms with Crippen LogP contribution in [0.25, 0.3) is 0 Å². The summed E-state index contributed by atoms with van der Waals surface area (Å²) in [6, 6.07) is 6.39. The van der Waals surface area contributed by atoms with Crippen LogP contribution in [0.3, 0.4) is 0 Å². The highest BCUT2D eigenvalue weighted by molar-refractivity contribution is 6.35. The Morgan fingerprint density at radius 1 is 1.30 bits per heavy atom. The van der Waals surface area contributed by atoms with Gasteiger partial charge < -0.3 is 10.1 Å². The van der Waals surface area contributed by atoms with E-state index in [1.54, 1.807) is 25.1 Å². The summed E-state index contributed by atoms with van der Waals surface area (Å²) in [5.74, 6) is -0.737. The molecule has 1 aromatic carbocycles. The zero-order chi connectivity index (χ0) is 19.6. The number of nitrogens with zero attached hydrogens (tertiary/aromatic N) is 6. The average molecular weight is 410 g/mol. The van der Waals surface area contributed by atoms with Gasteiger partial charge in [-0.2, -0.15) is 0 Å². The van der Waals surface area contributed by atoms with Crippen LogP contribution in [0.15, 0.2) is 30.6 Å². The summed E-state index contributed by atoms with van der Waals surface area (Å²) in [4.78, 5) is 26.5. The van der Waals surface area contributed by atoms with Crippen LogP contribution < -0.4 is 5.32 Å². The average Bonchev–Trinajstić information content (AvgIpc) is 3.16. The van der Waals surface area contributed by atoms with Crippen LogP contribution in [0, 0.1) is 17.0 Å². The van der Waals surface area contributed by atoms with Gasteiger partial charge in [-0.1, -0.05) is 34.4 Å². The second-order valence-corrected chi connectivity index (χ2v) is 6.45. The molecular weight excluding hydrogens is 397 g/mol. The monoisotopic (exact) mass is 409 g/mol. The minimum Gasteiger partial charge on any atom is -0.358 e. The lowest BCUT2D eigenvalue weighted by molar-refractivity contribution is -0.392. The Balaban J connectivity index is 1.65. The van der Waals surface area contributed by atoms with E-state index in [-0.39, 0.29) is 18.3 Å². The summed E-state index contributed by atoms with van der Waals surface area (Å²) in [5.41, 5.74) is 1.23. The summed E-state index contributed by atoms with van der Waals surface area (Å²) in [6.07, 6.45) is 1.43. The van der Waals surface area contributed by atoms with Crippen molar-refractivity contribution in [2.75, 3.05) is 5.32 Å². The molecule has 0 aliphatic rings. The first-order valence-corrected chi connectivity index (χ1v) is 8.39. The van der Waals surface area contributed by atoms with E-state index in [1.165, 1.54) is 17.1 Å². The van der Waals surface area contributed by atoms with Crippen LogP contribution in [0.5, 0.6) is 0 Å². The molecule has 12 heteroatoms. The van der Waals surface area contributed by atoms with Gasteiger partial charge in [0.15, 0.2) is 6.54 Å². The predicted octanol–water partition coefficient (Wildman–Crippen LogP) is 2.69. The molecule has 0 saturated carbocycles. The maximum atomic E-state index is 12.1. The van der Waals surface area contributed by atoms with E-state index >= 15 is 0 Å². The van der Waals surface area contributed by atoms with Gasteiger partial charge in [-0.15, -0.1) is 9.78 Å². The summed E-state index contributed by atoms with van der Waals surface area (Å²) >= 11 is 12.0. The first-order valence-electron chi connectivity index (χ1n) is 7.64. The molecular formula is C15H13Cl2N7O3. The maximum Gasteiger partial charge on any atom is 0.345 e. The molecule has 0 aliphatic heterocycles. The molecule has 2 aromatic heterocycles. The number of aryl methyl sites for hydroxylation is 1. The highest BCUT2D eigenvalue weighted by Gasteiger charge is 2.20. The lowest BCUT2D eigenvalue weighted by Gasteiger charge is -2.04. The number of nitro groups is 1. The first-order chi connectivity index (χ1) is 12.8. The molecule has 1 N–H and O–H groups in total. The maximum absolute atomic E-state index is 12.1. The second kappa shape index (κ2) is 7.72. The van der Waals surface area contributed by atoms with Crippen LogP contribution >= 0.6 is 23.2 Å². The van der Waals surface area contributed by atoms with Gasteiger partial charge in [-0.25, -0.2) is 9.67 Å². The van der Waals surface area contributed by atoms with Crippen molar-refractivity contribution < 1.29 is 9.72 Å². The summed E-state index contributed by atoms with van der Waals surface area (Å²) in [6.45, 7) is 1.61. The van der Waals surface area contributed by atoms with Crippen molar-refractivity contribution in [1.29, 1.82) is 0 Å². The van der Waals surface area contributed by atoms with Crippen molar-refractivity contribution in [3.05, 3.63) is 62.0 Å². The molecule has 10 nitrogen and oxygen atoms in total. The fourth-order valence-electron chi connectivity index (χ4n) is 2.35. The molecule has 0 saturated heterocycles. The quantitative estimate of drug-likeness (QED) is 0.493. The number of hydrogen-bond acceptors (Lipinski definition) is 6. The fraction of sp³-hybridized carbons (Fsp3) is 0.200. The number of rotatable bonds is 6. The smallest absolute Gasteiger partial charge is 0.345 e. The molecule has 0 fully saturated rings. The van der Waals surface area contributed by atoms with E-state index in [9.17, 15) is 14.9 Å². The highest BCUT2D eigenvalue weighted by atomic mass is 35.5. The molecule has 140 valence electrons. The van der Waals surface area contributed by atoms with Crippen molar-refractivity contribution in [2.45, 2.75) is 20.0 Å². The van der Waals surface area contributed by atoms with Gasteiger partial charge >= 0.3 is 5.82 Å². The molecule has 0 spiro atoms. The number of amides is 1. The Kier molecular flexibility index (Phi) is 5.38. The van der Waals surface area contributed by atoms with Crippen molar-refractivity contribution in [1.82, 2.24) is 24.5 Å². The van der Waals surface area contributed by atoms with Gasteiger partial charge in [-0.3, -0.25) is 10.1 Å². The van der Waals surface area contributed by atoms with Crippen molar-refractivity contribution in [2.24, 2.45) is 0 Å². The molecule has 3 aromatic rings. The van der Waals surface area contributed by atoms with Crippen LogP contribution in [-0.4, -0.2) is 35.4 Å². The van der Waals surface area contributed by atoms with Gasteiger partial charge in [0.25, 0.3) is 5.91 Å². The third-order valence-corrected chi connectivity index (χ3v) is 4.08. The Hall–Kier alpha value is -2.98. The van der Waals surface area contributed by atoms with E-state index in [4.69, 9.17) is 23.2 Å². The number of anilines is 1. The normalized spacial score (nSPS) is 10.8. The molecule has 1 amide bonds. The van der Waals surface area contributed by atoms with Crippen LogP contribution in [-0.2, 0) is 17.9 Å². The Labute approximate surface area is 162 Å². The van der Waals surface area contributed by atoms with Gasteiger partial charge in [0, 0.05) is 10.0 Å². The van der Waals surface area contributed by atoms with Crippen LogP contribution in [0.4, 0.5) is 11.8 Å². The highest BCUT2D eigenvalue weighted by Crippen LogP contribution is 2.21. The number of benzene rings is 1. The van der Waals surface area contributed by atoms with Gasteiger partial charge in [0.05, 0.1) is 18.3 Å². The Bertz CT molecular complexity index is 1010. The number of aromatic nitrogens is 5. The molecule has 0 unspecified atom stereocenters. The number of nitrogens with one attached hydrogen (secondary N) is 1. The predicted molar refractivity (Wildman–Crippen MR) is 97.8 cm³/mol. The number of carbonyl (C=O) groups is 1. The number of carbonyl (C=O) groups excluding carboxylic acids is 1. The van der Waals surface area contributed by atoms with Crippen LogP contribution in [0.1, 0.15) is 11.3 Å². The Morgan fingerprint density at radius 3 is 2.78 bits per heavy atom. The third-order valence-electron chi connectivity index (χ3n) is 3.50. The van der Waals surface area contributed by atoms with Crippen LogP contribution in [0.2, 0.25) is 10.0 Å². The zero-order valence-electron chi connectivity index (χ0n) is 14.0. The Morgan fingerprint density at radius 2 is 2.07 bits per heavy atom. The molecule has 3 rings (SSSR count). The molecule has 0 atom stereocenters. The summed E-state index contributed by atoms with van der Waals surface area (Å²) < 4.78 is 2.50. The largest absolute Gasteiger partial charge is 0.358 e. The van der Waals surface area contributed by atoms with E-state index in [2.05, 4.69) is 20.5 Å². The number of hydrogen-bond donors (Lipinski definition) is 1. The summed E-state index contributed by atoms with van der Waals surface area (Å²) in [5, 5.41) is 22.5. The molecule has 27 heavy (non-hydrogen) atoms. The van der Waals surface area contributed by atoms with E-state index < -0.39 is 10.8 Å². The van der Waals surface area contributed by atoms with Gasteiger partial charge in [-0.05, 0) is 29.5 Å². The van der Waals surface area contributed by atoms with Crippen molar-refractivity contribution in [3.63, 3.8) is 0 Å². The van der Waals surface area contributed by atoms with E-state index in [0.717, 1.165) is 10.2 Å². The van der Waals surface area contributed by atoms with E-state index in [0.29, 0.717) is 22.3 Å². The third kappa shape index (κ3) is 4.60. The minimum atomic E-state index is -0.601. The minimum absolute atomic E-state index is 0.0663. The lowest BCUT2D eigenvalue weighted by Crippen LogP contribution is -2.21. The molecule has 0 bridgehead atoms. The van der Waals surface area contributed by atoms with Gasteiger partial charge in [0.1, 0.15) is 6.33 Å². The van der Waals surface area contributed by atoms with E-state index in [1.807, 2.05) is 0 Å². The molecule has 0 radical (unpaired) electrons. The fourth-order valence-corrected chi connectivity index (χ4v) is 2.82. The number of halogens is 2. The molecule has 2 heterocycles. The topological polar surface area (TPSA) is 121 Å². The summed E-state index contributed by atoms with van der Waals surface area (Å²) in [7, 11) is 0. The SMILES string of the molecule is Cc1cc([N+](=O)[O-])n(CC(=O)Nc2ncn(Cc3ccc(Cl)cc3Cl)n2)n1. The molecule has 0 aliphatic carbocycles.